The number of halogens is 1. The summed E-state index contributed by atoms with van der Waals surface area (Å²) in [7, 11) is 0. The van der Waals surface area contributed by atoms with Crippen LogP contribution < -0.4 is 11.3 Å². The van der Waals surface area contributed by atoms with Crippen LogP contribution >= 0.6 is 23.4 Å². The second kappa shape index (κ2) is 5.85. The van der Waals surface area contributed by atoms with Crippen molar-refractivity contribution in [3.63, 3.8) is 0 Å². The SMILES string of the molecule is CC(C)n1c(SCC(N)=O)nc2cc(Cl)ccc2c1=O. The molecule has 0 aliphatic rings. The fourth-order valence-electron chi connectivity index (χ4n) is 1.84. The number of primary amides is 1. The van der Waals surface area contributed by atoms with Crippen LogP contribution in [0.4, 0.5) is 0 Å². The lowest BCUT2D eigenvalue weighted by Gasteiger charge is -2.15. The van der Waals surface area contributed by atoms with E-state index in [0.717, 1.165) is 11.8 Å². The molecule has 0 atom stereocenters. The van der Waals surface area contributed by atoms with Crippen LogP contribution in [0.25, 0.3) is 10.9 Å². The van der Waals surface area contributed by atoms with Crippen LogP contribution in [0, 0.1) is 0 Å². The maximum absolute atomic E-state index is 12.5. The van der Waals surface area contributed by atoms with E-state index in [1.54, 1.807) is 22.8 Å². The van der Waals surface area contributed by atoms with Crippen molar-refractivity contribution in [2.75, 3.05) is 5.75 Å². The first kappa shape index (κ1) is 14.9. The first-order valence-electron chi connectivity index (χ1n) is 6.03. The van der Waals surface area contributed by atoms with Gasteiger partial charge in [-0.2, -0.15) is 0 Å². The largest absolute Gasteiger partial charge is 0.369 e. The Morgan fingerprint density at radius 1 is 1.50 bits per heavy atom. The van der Waals surface area contributed by atoms with Crippen molar-refractivity contribution in [1.82, 2.24) is 9.55 Å². The fourth-order valence-corrected chi connectivity index (χ4v) is 2.88. The summed E-state index contributed by atoms with van der Waals surface area (Å²) in [6.45, 7) is 3.78. The third-order valence-electron chi connectivity index (χ3n) is 2.69. The lowest BCUT2D eigenvalue weighted by Crippen LogP contribution is -2.25. The zero-order valence-corrected chi connectivity index (χ0v) is 12.7. The Bertz CT molecular complexity index is 727. The van der Waals surface area contributed by atoms with Crippen molar-refractivity contribution >= 4 is 40.2 Å². The smallest absolute Gasteiger partial charge is 0.262 e. The van der Waals surface area contributed by atoms with Crippen LogP contribution in [-0.2, 0) is 4.79 Å². The number of fused-ring (bicyclic) bond motifs is 1. The van der Waals surface area contributed by atoms with E-state index in [4.69, 9.17) is 17.3 Å². The van der Waals surface area contributed by atoms with Gasteiger partial charge in [0, 0.05) is 11.1 Å². The van der Waals surface area contributed by atoms with E-state index < -0.39 is 5.91 Å². The van der Waals surface area contributed by atoms with Gasteiger partial charge in [-0.3, -0.25) is 14.2 Å². The van der Waals surface area contributed by atoms with Crippen molar-refractivity contribution in [3.8, 4) is 0 Å². The molecule has 0 fully saturated rings. The third kappa shape index (κ3) is 2.96. The number of hydrogen-bond donors (Lipinski definition) is 1. The molecule has 0 saturated carbocycles. The minimum Gasteiger partial charge on any atom is -0.369 e. The molecule has 0 saturated heterocycles. The highest BCUT2D eigenvalue weighted by molar-refractivity contribution is 7.99. The summed E-state index contributed by atoms with van der Waals surface area (Å²) in [4.78, 5) is 27.8. The Balaban J connectivity index is 2.67. The van der Waals surface area contributed by atoms with Gasteiger partial charge >= 0.3 is 0 Å². The molecular formula is C13H14ClN3O2S. The zero-order chi connectivity index (χ0) is 14.9. The van der Waals surface area contributed by atoms with E-state index in [0.29, 0.717) is 21.1 Å². The summed E-state index contributed by atoms with van der Waals surface area (Å²) < 4.78 is 1.56. The second-order valence-electron chi connectivity index (χ2n) is 4.58. The van der Waals surface area contributed by atoms with Gasteiger partial charge in [-0.05, 0) is 32.0 Å². The van der Waals surface area contributed by atoms with Gasteiger partial charge in [0.2, 0.25) is 5.91 Å². The number of benzene rings is 1. The molecule has 2 N–H and O–H groups in total. The molecule has 1 amide bonds. The quantitative estimate of drug-likeness (QED) is 0.693. The van der Waals surface area contributed by atoms with Gasteiger partial charge in [0.15, 0.2) is 5.16 Å². The summed E-state index contributed by atoms with van der Waals surface area (Å²) >= 11 is 7.08. The number of thioether (sulfide) groups is 1. The highest BCUT2D eigenvalue weighted by atomic mass is 35.5. The fraction of sp³-hybridized carbons (Fsp3) is 0.308. The van der Waals surface area contributed by atoms with E-state index in [1.165, 1.54) is 0 Å². The topological polar surface area (TPSA) is 78.0 Å². The molecule has 0 radical (unpaired) electrons. The Hall–Kier alpha value is -1.53. The molecule has 1 aromatic heterocycles. The number of carbonyl (C=O) groups is 1. The molecule has 2 rings (SSSR count). The third-order valence-corrected chi connectivity index (χ3v) is 3.90. The predicted octanol–water partition coefficient (Wildman–Crippen LogP) is 2.21. The van der Waals surface area contributed by atoms with Crippen molar-refractivity contribution in [1.29, 1.82) is 0 Å². The van der Waals surface area contributed by atoms with E-state index in [-0.39, 0.29) is 17.4 Å². The molecule has 2 aromatic rings. The number of carbonyl (C=O) groups excluding carboxylic acids is 1. The molecule has 20 heavy (non-hydrogen) atoms. The second-order valence-corrected chi connectivity index (χ2v) is 5.96. The van der Waals surface area contributed by atoms with Crippen molar-refractivity contribution < 1.29 is 4.79 Å². The number of amides is 1. The average molecular weight is 312 g/mol. The number of rotatable bonds is 4. The molecule has 0 bridgehead atoms. The monoisotopic (exact) mass is 311 g/mol. The first-order chi connectivity index (χ1) is 9.40. The lowest BCUT2D eigenvalue weighted by molar-refractivity contribution is -0.115. The molecule has 0 unspecified atom stereocenters. The molecule has 0 aliphatic heterocycles. The van der Waals surface area contributed by atoms with E-state index in [1.807, 2.05) is 13.8 Å². The van der Waals surface area contributed by atoms with Crippen LogP contribution in [0.15, 0.2) is 28.2 Å². The minimum absolute atomic E-state index is 0.0644. The van der Waals surface area contributed by atoms with Gasteiger partial charge < -0.3 is 5.73 Å². The maximum Gasteiger partial charge on any atom is 0.262 e. The highest BCUT2D eigenvalue weighted by Crippen LogP contribution is 2.22. The Morgan fingerprint density at radius 2 is 2.20 bits per heavy atom. The zero-order valence-electron chi connectivity index (χ0n) is 11.1. The Labute approximate surface area is 125 Å². The summed E-state index contributed by atoms with van der Waals surface area (Å²) in [6, 6.07) is 4.89. The summed E-state index contributed by atoms with van der Waals surface area (Å²) in [5.41, 5.74) is 5.52. The maximum atomic E-state index is 12.5. The van der Waals surface area contributed by atoms with E-state index >= 15 is 0 Å². The van der Waals surface area contributed by atoms with Crippen molar-refractivity contribution in [3.05, 3.63) is 33.6 Å². The summed E-state index contributed by atoms with van der Waals surface area (Å²) in [5.74, 6) is -0.378. The van der Waals surface area contributed by atoms with Crippen LogP contribution in [0.5, 0.6) is 0 Å². The standard InChI is InChI=1S/C13H14ClN3O2S/c1-7(2)17-12(19)9-4-3-8(14)5-10(9)16-13(17)20-6-11(15)18/h3-5,7H,6H2,1-2H3,(H2,15,18). The highest BCUT2D eigenvalue weighted by Gasteiger charge is 2.14. The first-order valence-corrected chi connectivity index (χ1v) is 7.39. The van der Waals surface area contributed by atoms with Gasteiger partial charge in [0.25, 0.3) is 5.56 Å². The lowest BCUT2D eigenvalue weighted by atomic mass is 10.2. The van der Waals surface area contributed by atoms with Gasteiger partial charge in [-0.15, -0.1) is 0 Å². The molecule has 0 spiro atoms. The van der Waals surface area contributed by atoms with Crippen LogP contribution in [0.1, 0.15) is 19.9 Å². The molecular weight excluding hydrogens is 298 g/mol. The Morgan fingerprint density at radius 3 is 2.80 bits per heavy atom. The molecule has 0 aliphatic carbocycles. The Kier molecular flexibility index (Phi) is 4.35. The number of nitrogens with two attached hydrogens (primary N) is 1. The van der Waals surface area contributed by atoms with Gasteiger partial charge in [-0.25, -0.2) is 4.98 Å². The summed E-state index contributed by atoms with van der Waals surface area (Å²) in [5, 5.41) is 1.49. The predicted molar refractivity (Wildman–Crippen MR) is 81.3 cm³/mol. The molecule has 7 heteroatoms. The average Bonchev–Trinajstić information content (AvgIpc) is 2.35. The van der Waals surface area contributed by atoms with Crippen molar-refractivity contribution in [2.45, 2.75) is 25.0 Å². The molecule has 1 aromatic carbocycles. The van der Waals surface area contributed by atoms with Crippen LogP contribution in [0.2, 0.25) is 5.02 Å². The van der Waals surface area contributed by atoms with Crippen molar-refractivity contribution in [2.24, 2.45) is 5.73 Å². The van der Waals surface area contributed by atoms with E-state index in [2.05, 4.69) is 4.98 Å². The molecule has 106 valence electrons. The van der Waals surface area contributed by atoms with Gasteiger partial charge in [-0.1, -0.05) is 23.4 Å². The normalized spacial score (nSPS) is 11.2. The molecule has 1 heterocycles. The number of aromatic nitrogens is 2. The van der Waals surface area contributed by atoms with Gasteiger partial charge in [0.05, 0.1) is 16.7 Å². The minimum atomic E-state index is -0.453. The van der Waals surface area contributed by atoms with Crippen LogP contribution in [-0.4, -0.2) is 21.2 Å². The number of hydrogen-bond acceptors (Lipinski definition) is 4. The number of nitrogens with zero attached hydrogens (tertiary/aromatic N) is 2. The van der Waals surface area contributed by atoms with Crippen LogP contribution in [0.3, 0.4) is 0 Å². The molecule has 5 nitrogen and oxygen atoms in total. The van der Waals surface area contributed by atoms with E-state index in [9.17, 15) is 9.59 Å². The summed E-state index contributed by atoms with van der Waals surface area (Å²) in [6.07, 6.45) is 0. The van der Waals surface area contributed by atoms with Gasteiger partial charge in [0.1, 0.15) is 0 Å².